The Morgan fingerprint density at radius 2 is 2.25 bits per heavy atom. The summed E-state index contributed by atoms with van der Waals surface area (Å²) in [6.07, 6.45) is 3.54. The fourth-order valence-corrected chi connectivity index (χ4v) is 2.80. The molecule has 0 saturated carbocycles. The number of hydrogen-bond donors (Lipinski definition) is 1. The van der Waals surface area contributed by atoms with Gasteiger partial charge in [-0.15, -0.1) is 0 Å². The van der Waals surface area contributed by atoms with Gasteiger partial charge in [-0.25, -0.2) is 0 Å². The Morgan fingerprint density at radius 3 is 2.94 bits per heavy atom. The molecular weight excluding hydrogens is 198 g/mol. The summed E-state index contributed by atoms with van der Waals surface area (Å²) in [5, 5.41) is 0. The van der Waals surface area contributed by atoms with Crippen LogP contribution in [0, 0.1) is 5.92 Å². The molecule has 1 aliphatic rings. The van der Waals surface area contributed by atoms with Gasteiger partial charge in [0.05, 0.1) is 7.11 Å². The van der Waals surface area contributed by atoms with Crippen molar-refractivity contribution in [3.8, 4) is 5.75 Å². The first kappa shape index (κ1) is 11.5. The van der Waals surface area contributed by atoms with E-state index in [1.54, 1.807) is 7.11 Å². The van der Waals surface area contributed by atoms with Crippen molar-refractivity contribution >= 4 is 0 Å². The van der Waals surface area contributed by atoms with Crippen LogP contribution in [0.4, 0.5) is 0 Å². The number of hydrogen-bond acceptors (Lipinski definition) is 2. The Morgan fingerprint density at radius 1 is 1.44 bits per heavy atom. The molecule has 2 heteroatoms. The van der Waals surface area contributed by atoms with Gasteiger partial charge in [-0.2, -0.15) is 0 Å². The van der Waals surface area contributed by atoms with Gasteiger partial charge in [-0.05, 0) is 60.9 Å². The van der Waals surface area contributed by atoms with Gasteiger partial charge in [0.1, 0.15) is 5.75 Å². The third-order valence-corrected chi connectivity index (χ3v) is 3.78. The second-order valence-corrected chi connectivity index (χ2v) is 4.76. The van der Waals surface area contributed by atoms with Crippen molar-refractivity contribution in [1.29, 1.82) is 0 Å². The lowest BCUT2D eigenvalue weighted by Crippen LogP contribution is -2.21. The molecule has 1 aliphatic carbocycles. The molecule has 2 unspecified atom stereocenters. The molecule has 2 N–H and O–H groups in total. The van der Waals surface area contributed by atoms with Crippen molar-refractivity contribution < 1.29 is 4.74 Å². The zero-order valence-corrected chi connectivity index (χ0v) is 10.2. The second kappa shape index (κ2) is 4.88. The van der Waals surface area contributed by atoms with Crippen molar-refractivity contribution in [3.05, 3.63) is 29.3 Å². The third-order valence-electron chi connectivity index (χ3n) is 3.78. The molecule has 0 radical (unpaired) electrons. The molecule has 88 valence electrons. The Bertz CT molecular complexity index is 362. The minimum absolute atomic E-state index is 0.639. The van der Waals surface area contributed by atoms with Crippen LogP contribution in [0.15, 0.2) is 18.2 Å². The Hall–Kier alpha value is -1.02. The average molecular weight is 219 g/mol. The number of benzene rings is 1. The number of ether oxygens (including phenoxy) is 1. The first-order valence-electron chi connectivity index (χ1n) is 6.13. The summed E-state index contributed by atoms with van der Waals surface area (Å²) in [6, 6.07) is 6.48. The minimum atomic E-state index is 0.639. The highest BCUT2D eigenvalue weighted by Crippen LogP contribution is 2.39. The van der Waals surface area contributed by atoms with Crippen LogP contribution >= 0.6 is 0 Å². The van der Waals surface area contributed by atoms with Crippen molar-refractivity contribution in [1.82, 2.24) is 0 Å². The summed E-state index contributed by atoms with van der Waals surface area (Å²) in [7, 11) is 1.73. The predicted octanol–water partition coefficient (Wildman–Crippen LogP) is 2.71. The van der Waals surface area contributed by atoms with Gasteiger partial charge in [-0.3, -0.25) is 0 Å². The van der Waals surface area contributed by atoms with Crippen LogP contribution in [0.5, 0.6) is 5.75 Å². The lowest BCUT2D eigenvalue weighted by molar-refractivity contribution is 0.382. The highest BCUT2D eigenvalue weighted by Gasteiger charge is 2.25. The van der Waals surface area contributed by atoms with E-state index < -0.39 is 0 Å². The average Bonchev–Trinajstić information content (AvgIpc) is 2.32. The molecule has 16 heavy (non-hydrogen) atoms. The standard InChI is InChI=1S/C14H21NO/c1-10-3-4-11-9-12(16-2)5-6-14(11)13(10)7-8-15/h5-6,9-10,13H,3-4,7-8,15H2,1-2H3. The van der Waals surface area contributed by atoms with E-state index in [1.165, 1.54) is 24.0 Å². The first-order valence-corrected chi connectivity index (χ1v) is 6.13. The van der Waals surface area contributed by atoms with Gasteiger partial charge in [-0.1, -0.05) is 13.0 Å². The quantitative estimate of drug-likeness (QED) is 0.848. The highest BCUT2D eigenvalue weighted by atomic mass is 16.5. The Labute approximate surface area is 97.8 Å². The Kier molecular flexibility index (Phi) is 3.49. The van der Waals surface area contributed by atoms with E-state index in [2.05, 4.69) is 25.1 Å². The van der Waals surface area contributed by atoms with E-state index in [9.17, 15) is 0 Å². The van der Waals surface area contributed by atoms with E-state index in [4.69, 9.17) is 10.5 Å². The van der Waals surface area contributed by atoms with E-state index >= 15 is 0 Å². The van der Waals surface area contributed by atoms with Crippen molar-refractivity contribution in [3.63, 3.8) is 0 Å². The number of aryl methyl sites for hydroxylation is 1. The summed E-state index contributed by atoms with van der Waals surface area (Å²) in [6.45, 7) is 3.12. The first-order chi connectivity index (χ1) is 7.76. The van der Waals surface area contributed by atoms with Gasteiger partial charge >= 0.3 is 0 Å². The molecule has 0 aliphatic heterocycles. The molecule has 1 aromatic rings. The smallest absolute Gasteiger partial charge is 0.119 e. The monoisotopic (exact) mass is 219 g/mol. The number of fused-ring (bicyclic) bond motifs is 1. The molecule has 0 fully saturated rings. The zero-order chi connectivity index (χ0) is 11.5. The summed E-state index contributed by atoms with van der Waals surface area (Å²) in [5.74, 6) is 2.36. The molecule has 0 heterocycles. The highest BCUT2D eigenvalue weighted by molar-refractivity contribution is 5.39. The van der Waals surface area contributed by atoms with Crippen LogP contribution in [0.3, 0.4) is 0 Å². The fourth-order valence-electron chi connectivity index (χ4n) is 2.80. The molecule has 2 atom stereocenters. The molecule has 0 saturated heterocycles. The van der Waals surface area contributed by atoms with Crippen LogP contribution < -0.4 is 10.5 Å². The lowest BCUT2D eigenvalue weighted by atomic mass is 9.74. The van der Waals surface area contributed by atoms with Crippen molar-refractivity contribution in [2.75, 3.05) is 13.7 Å². The summed E-state index contributed by atoms with van der Waals surface area (Å²) in [4.78, 5) is 0. The van der Waals surface area contributed by atoms with Crippen LogP contribution in [-0.2, 0) is 6.42 Å². The molecule has 2 nitrogen and oxygen atoms in total. The summed E-state index contributed by atoms with van der Waals surface area (Å²) in [5.41, 5.74) is 8.66. The maximum absolute atomic E-state index is 5.71. The lowest BCUT2D eigenvalue weighted by Gasteiger charge is -2.31. The van der Waals surface area contributed by atoms with E-state index in [1.807, 2.05) is 0 Å². The number of methoxy groups -OCH3 is 1. The van der Waals surface area contributed by atoms with Crippen LogP contribution in [0.2, 0.25) is 0 Å². The molecule has 0 amide bonds. The van der Waals surface area contributed by atoms with Gasteiger partial charge < -0.3 is 10.5 Å². The van der Waals surface area contributed by atoms with Crippen LogP contribution in [-0.4, -0.2) is 13.7 Å². The molecular formula is C14H21NO. The predicted molar refractivity (Wildman–Crippen MR) is 66.9 cm³/mol. The van der Waals surface area contributed by atoms with Gasteiger partial charge in [0.25, 0.3) is 0 Å². The maximum atomic E-state index is 5.71. The third kappa shape index (κ3) is 2.07. The summed E-state index contributed by atoms with van der Waals surface area (Å²) >= 11 is 0. The van der Waals surface area contributed by atoms with Gasteiger partial charge in [0.2, 0.25) is 0 Å². The fraction of sp³-hybridized carbons (Fsp3) is 0.571. The van der Waals surface area contributed by atoms with Gasteiger partial charge in [0.15, 0.2) is 0 Å². The number of rotatable bonds is 3. The summed E-state index contributed by atoms with van der Waals surface area (Å²) < 4.78 is 5.28. The Balaban J connectivity index is 2.32. The van der Waals surface area contributed by atoms with Crippen LogP contribution in [0.1, 0.15) is 36.8 Å². The molecule has 1 aromatic carbocycles. The zero-order valence-electron chi connectivity index (χ0n) is 10.2. The van der Waals surface area contributed by atoms with Crippen LogP contribution in [0.25, 0.3) is 0 Å². The molecule has 0 spiro atoms. The topological polar surface area (TPSA) is 35.2 Å². The SMILES string of the molecule is COc1ccc2c(c1)CCC(C)C2CCN. The van der Waals surface area contributed by atoms with E-state index in [-0.39, 0.29) is 0 Å². The second-order valence-electron chi connectivity index (χ2n) is 4.76. The minimum Gasteiger partial charge on any atom is -0.497 e. The maximum Gasteiger partial charge on any atom is 0.119 e. The largest absolute Gasteiger partial charge is 0.497 e. The molecule has 0 bridgehead atoms. The molecule has 0 aromatic heterocycles. The van der Waals surface area contributed by atoms with Gasteiger partial charge in [0, 0.05) is 0 Å². The number of nitrogens with two attached hydrogens (primary N) is 1. The molecule has 2 rings (SSSR count). The normalized spacial score (nSPS) is 23.9. The van der Waals surface area contributed by atoms with E-state index in [0.717, 1.165) is 24.6 Å². The van der Waals surface area contributed by atoms with Crippen molar-refractivity contribution in [2.45, 2.75) is 32.1 Å². The van der Waals surface area contributed by atoms with Crippen molar-refractivity contribution in [2.24, 2.45) is 11.7 Å². The van der Waals surface area contributed by atoms with E-state index in [0.29, 0.717) is 5.92 Å².